The summed E-state index contributed by atoms with van der Waals surface area (Å²) in [6.45, 7) is 1.09. The van der Waals surface area contributed by atoms with E-state index in [0.29, 0.717) is 24.7 Å². The van der Waals surface area contributed by atoms with Crippen molar-refractivity contribution >= 4 is 12.0 Å². The highest BCUT2D eigenvalue weighted by Gasteiger charge is 2.05. The standard InChI is InChI=1S/C20H22O5/c1-22-19-15-16(10-12-20(21)23-2)9-11-18(19)25-14-6-13-24-17-7-4-3-5-8-17/h3-5,7-12,15H,6,13-14H2,1-2H3/b12-10+. The number of carbonyl (C=O) groups is 1. The van der Waals surface area contributed by atoms with Crippen LogP contribution < -0.4 is 14.2 Å². The van der Waals surface area contributed by atoms with Crippen LogP contribution in [0.3, 0.4) is 0 Å². The van der Waals surface area contributed by atoms with Crippen molar-refractivity contribution in [1.82, 2.24) is 0 Å². The van der Waals surface area contributed by atoms with Gasteiger partial charge in [-0.25, -0.2) is 4.79 Å². The maximum atomic E-state index is 11.1. The Bertz CT molecular complexity index is 694. The first-order valence-electron chi connectivity index (χ1n) is 7.97. The highest BCUT2D eigenvalue weighted by atomic mass is 16.5. The summed E-state index contributed by atoms with van der Waals surface area (Å²) >= 11 is 0. The van der Waals surface area contributed by atoms with E-state index < -0.39 is 5.97 Å². The third-order valence-electron chi connectivity index (χ3n) is 3.36. The summed E-state index contributed by atoms with van der Waals surface area (Å²) in [7, 11) is 2.92. The van der Waals surface area contributed by atoms with Gasteiger partial charge < -0.3 is 18.9 Å². The van der Waals surface area contributed by atoms with Gasteiger partial charge in [-0.1, -0.05) is 24.3 Å². The molecule has 0 unspecified atom stereocenters. The third-order valence-corrected chi connectivity index (χ3v) is 3.36. The number of ether oxygens (including phenoxy) is 4. The van der Waals surface area contributed by atoms with E-state index in [4.69, 9.17) is 14.2 Å². The smallest absolute Gasteiger partial charge is 0.330 e. The van der Waals surface area contributed by atoms with Crippen molar-refractivity contribution < 1.29 is 23.7 Å². The summed E-state index contributed by atoms with van der Waals surface area (Å²) in [5, 5.41) is 0. The van der Waals surface area contributed by atoms with Gasteiger partial charge in [-0.3, -0.25) is 0 Å². The number of carbonyl (C=O) groups excluding carboxylic acids is 1. The Balaban J connectivity index is 1.82. The number of para-hydroxylation sites is 1. The summed E-state index contributed by atoms with van der Waals surface area (Å²) in [6, 6.07) is 15.1. The van der Waals surface area contributed by atoms with Crippen molar-refractivity contribution in [2.45, 2.75) is 6.42 Å². The maximum absolute atomic E-state index is 11.1. The van der Waals surface area contributed by atoms with Crippen LogP contribution in [0.25, 0.3) is 6.08 Å². The van der Waals surface area contributed by atoms with E-state index in [1.807, 2.05) is 42.5 Å². The van der Waals surface area contributed by atoms with Gasteiger partial charge in [0.05, 0.1) is 27.4 Å². The van der Waals surface area contributed by atoms with Crippen LogP contribution in [0.2, 0.25) is 0 Å². The topological polar surface area (TPSA) is 54.0 Å². The lowest BCUT2D eigenvalue weighted by Gasteiger charge is -2.12. The molecular formula is C20H22O5. The second kappa shape index (κ2) is 10.0. The Morgan fingerprint density at radius 2 is 1.72 bits per heavy atom. The molecule has 0 saturated carbocycles. The molecule has 0 fully saturated rings. The highest BCUT2D eigenvalue weighted by Crippen LogP contribution is 2.28. The maximum Gasteiger partial charge on any atom is 0.330 e. The Kier molecular flexibility index (Phi) is 7.38. The molecule has 132 valence electrons. The highest BCUT2D eigenvalue weighted by molar-refractivity contribution is 5.87. The molecule has 0 N–H and O–H groups in total. The van der Waals surface area contributed by atoms with Gasteiger partial charge in [0.1, 0.15) is 5.75 Å². The van der Waals surface area contributed by atoms with Gasteiger partial charge in [0, 0.05) is 12.5 Å². The fourth-order valence-corrected chi connectivity index (χ4v) is 2.09. The van der Waals surface area contributed by atoms with Gasteiger partial charge in [-0.05, 0) is 35.9 Å². The van der Waals surface area contributed by atoms with Gasteiger partial charge in [-0.2, -0.15) is 0 Å². The minimum atomic E-state index is -0.405. The molecule has 5 heteroatoms. The molecule has 0 atom stereocenters. The average Bonchev–Trinajstić information content (AvgIpc) is 2.67. The second-order valence-corrected chi connectivity index (χ2v) is 5.13. The van der Waals surface area contributed by atoms with Gasteiger partial charge in [-0.15, -0.1) is 0 Å². The van der Waals surface area contributed by atoms with Crippen molar-refractivity contribution in [2.24, 2.45) is 0 Å². The van der Waals surface area contributed by atoms with Crippen LogP contribution in [0, 0.1) is 0 Å². The molecule has 0 bridgehead atoms. The van der Waals surface area contributed by atoms with E-state index >= 15 is 0 Å². The molecule has 2 rings (SSSR count). The number of rotatable bonds is 9. The summed E-state index contributed by atoms with van der Waals surface area (Å²) in [5.41, 5.74) is 0.821. The van der Waals surface area contributed by atoms with Crippen LogP contribution in [0.5, 0.6) is 17.2 Å². The second-order valence-electron chi connectivity index (χ2n) is 5.13. The van der Waals surface area contributed by atoms with Crippen LogP contribution in [0.1, 0.15) is 12.0 Å². The Hall–Kier alpha value is -2.95. The number of hydrogen-bond acceptors (Lipinski definition) is 5. The number of hydrogen-bond donors (Lipinski definition) is 0. The minimum absolute atomic E-state index is 0.405. The normalized spacial score (nSPS) is 10.5. The first-order chi connectivity index (χ1) is 12.2. The quantitative estimate of drug-likeness (QED) is 0.395. The molecule has 2 aromatic carbocycles. The van der Waals surface area contributed by atoms with Crippen LogP contribution in [0.4, 0.5) is 0 Å². The zero-order chi connectivity index (χ0) is 17.9. The number of benzene rings is 2. The van der Waals surface area contributed by atoms with Crippen molar-refractivity contribution in [3.05, 3.63) is 60.2 Å². The molecule has 0 spiro atoms. The zero-order valence-electron chi connectivity index (χ0n) is 14.4. The summed E-state index contributed by atoms with van der Waals surface area (Å²) in [6.07, 6.45) is 3.77. The molecule has 0 heterocycles. The fourth-order valence-electron chi connectivity index (χ4n) is 2.09. The molecule has 0 aliphatic carbocycles. The zero-order valence-corrected chi connectivity index (χ0v) is 14.4. The first-order valence-corrected chi connectivity index (χ1v) is 7.97. The van der Waals surface area contributed by atoms with E-state index in [0.717, 1.165) is 17.7 Å². The number of esters is 1. The lowest BCUT2D eigenvalue weighted by molar-refractivity contribution is -0.134. The average molecular weight is 342 g/mol. The summed E-state index contributed by atoms with van der Waals surface area (Å²) in [4.78, 5) is 11.1. The van der Waals surface area contributed by atoms with Crippen LogP contribution in [-0.4, -0.2) is 33.4 Å². The molecule has 0 aromatic heterocycles. The molecule has 2 aromatic rings. The van der Waals surface area contributed by atoms with Crippen molar-refractivity contribution in [2.75, 3.05) is 27.4 Å². The monoisotopic (exact) mass is 342 g/mol. The molecule has 5 nitrogen and oxygen atoms in total. The largest absolute Gasteiger partial charge is 0.493 e. The number of methoxy groups -OCH3 is 2. The molecule has 0 aliphatic rings. The minimum Gasteiger partial charge on any atom is -0.493 e. The van der Waals surface area contributed by atoms with Gasteiger partial charge >= 0.3 is 5.97 Å². The van der Waals surface area contributed by atoms with E-state index in [2.05, 4.69) is 4.74 Å². The Morgan fingerprint density at radius 3 is 2.44 bits per heavy atom. The predicted octanol–water partition coefficient (Wildman–Crippen LogP) is 3.73. The van der Waals surface area contributed by atoms with Crippen LogP contribution >= 0.6 is 0 Å². The summed E-state index contributed by atoms with van der Waals surface area (Å²) in [5.74, 6) is 1.70. The summed E-state index contributed by atoms with van der Waals surface area (Å²) < 4.78 is 21.3. The van der Waals surface area contributed by atoms with E-state index in [9.17, 15) is 4.79 Å². The first kappa shape index (κ1) is 18.4. The van der Waals surface area contributed by atoms with Gasteiger partial charge in [0.2, 0.25) is 0 Å². The van der Waals surface area contributed by atoms with E-state index in [1.165, 1.54) is 13.2 Å². The molecule has 0 saturated heterocycles. The molecule has 0 radical (unpaired) electrons. The predicted molar refractivity (Wildman–Crippen MR) is 96.1 cm³/mol. The fraction of sp³-hybridized carbons (Fsp3) is 0.250. The third kappa shape index (κ3) is 6.22. The van der Waals surface area contributed by atoms with Crippen molar-refractivity contribution in [3.63, 3.8) is 0 Å². The van der Waals surface area contributed by atoms with Crippen molar-refractivity contribution in [1.29, 1.82) is 0 Å². The Labute approximate surface area is 147 Å². The molecule has 25 heavy (non-hydrogen) atoms. The van der Waals surface area contributed by atoms with Crippen LogP contribution in [0.15, 0.2) is 54.6 Å². The van der Waals surface area contributed by atoms with E-state index in [1.54, 1.807) is 19.3 Å². The molecule has 0 amide bonds. The molecular weight excluding hydrogens is 320 g/mol. The SMILES string of the molecule is COC(=O)/C=C/c1ccc(OCCCOc2ccccc2)c(OC)c1. The van der Waals surface area contributed by atoms with Gasteiger partial charge in [0.15, 0.2) is 11.5 Å². The lowest BCUT2D eigenvalue weighted by atomic mass is 10.2. The van der Waals surface area contributed by atoms with Crippen molar-refractivity contribution in [3.8, 4) is 17.2 Å². The lowest BCUT2D eigenvalue weighted by Crippen LogP contribution is -2.05. The van der Waals surface area contributed by atoms with Gasteiger partial charge in [0.25, 0.3) is 0 Å². The Morgan fingerprint density at radius 1 is 0.960 bits per heavy atom. The van der Waals surface area contributed by atoms with E-state index in [-0.39, 0.29) is 0 Å². The van der Waals surface area contributed by atoms with Crippen LogP contribution in [-0.2, 0) is 9.53 Å². The molecule has 0 aliphatic heterocycles.